The minimum atomic E-state index is 0.353. The summed E-state index contributed by atoms with van der Waals surface area (Å²) in [4.78, 5) is 0. The van der Waals surface area contributed by atoms with Crippen LogP contribution in [0.15, 0.2) is 48.5 Å². The molecular formula is C36H58O2S. The highest BCUT2D eigenvalue weighted by molar-refractivity contribution is 8.00. The first-order chi connectivity index (χ1) is 19.1. The zero-order valence-corrected chi connectivity index (χ0v) is 26.0. The lowest BCUT2D eigenvalue weighted by molar-refractivity contribution is 0.474. The van der Waals surface area contributed by atoms with Gasteiger partial charge in [-0.25, -0.2) is 0 Å². The van der Waals surface area contributed by atoms with Crippen molar-refractivity contribution in [3.05, 3.63) is 59.7 Å². The van der Waals surface area contributed by atoms with E-state index in [2.05, 4.69) is 49.9 Å². The number of rotatable bonds is 24. The van der Waals surface area contributed by atoms with Crippen LogP contribution in [0.2, 0.25) is 0 Å². The molecule has 0 heterocycles. The smallest absolute Gasteiger partial charge is 0.115 e. The standard InChI is InChI=1S/C36H58O2S/c1-3-5-7-9-11-13-15-17-19-35(29-31-21-25-33(37)26-22-31)39-36(30-32-23-27-34(38)28-24-32)20-18-16-14-12-10-8-6-4-2/h21-28,35-38H,3-20,29-30H2,1-2H3. The number of phenols is 2. The molecule has 0 fully saturated rings. The van der Waals surface area contributed by atoms with Gasteiger partial charge in [0.05, 0.1) is 0 Å². The molecule has 0 spiro atoms. The lowest BCUT2D eigenvalue weighted by atomic mass is 10.0. The lowest BCUT2D eigenvalue weighted by Crippen LogP contribution is -2.16. The maximum atomic E-state index is 9.78. The zero-order valence-electron chi connectivity index (χ0n) is 25.2. The number of thioether (sulfide) groups is 1. The van der Waals surface area contributed by atoms with Gasteiger partial charge in [-0.1, -0.05) is 141 Å². The van der Waals surface area contributed by atoms with E-state index in [4.69, 9.17) is 0 Å². The molecule has 2 atom stereocenters. The average Bonchev–Trinajstić information content (AvgIpc) is 2.94. The molecule has 0 aliphatic carbocycles. The summed E-state index contributed by atoms with van der Waals surface area (Å²) in [5.41, 5.74) is 2.67. The van der Waals surface area contributed by atoms with E-state index in [9.17, 15) is 10.2 Å². The van der Waals surface area contributed by atoms with Gasteiger partial charge in [0, 0.05) is 10.5 Å². The lowest BCUT2D eigenvalue weighted by Gasteiger charge is -2.24. The number of phenolic OH excluding ortho intramolecular Hbond substituents is 2. The predicted octanol–water partition coefficient (Wildman–Crippen LogP) is 11.4. The van der Waals surface area contributed by atoms with Gasteiger partial charge >= 0.3 is 0 Å². The van der Waals surface area contributed by atoms with Gasteiger partial charge in [0.1, 0.15) is 11.5 Å². The molecule has 0 amide bonds. The number of benzene rings is 2. The van der Waals surface area contributed by atoms with Crippen molar-refractivity contribution in [2.45, 2.75) is 153 Å². The number of hydrogen-bond donors (Lipinski definition) is 2. The Morgan fingerprint density at radius 3 is 1.10 bits per heavy atom. The number of unbranched alkanes of at least 4 members (excludes halogenated alkanes) is 14. The molecular weight excluding hydrogens is 496 g/mol. The molecule has 2 N–H and O–H groups in total. The number of hydrogen-bond acceptors (Lipinski definition) is 3. The van der Waals surface area contributed by atoms with Gasteiger partial charge in [-0.05, 0) is 61.1 Å². The van der Waals surface area contributed by atoms with Crippen molar-refractivity contribution in [1.82, 2.24) is 0 Å². The minimum absolute atomic E-state index is 0.353. The first-order valence-corrected chi connectivity index (χ1v) is 17.3. The van der Waals surface area contributed by atoms with Gasteiger partial charge in [0.15, 0.2) is 0 Å². The Balaban J connectivity index is 1.93. The molecule has 2 nitrogen and oxygen atoms in total. The fraction of sp³-hybridized carbons (Fsp3) is 0.667. The summed E-state index contributed by atoms with van der Waals surface area (Å²) < 4.78 is 0. The van der Waals surface area contributed by atoms with Crippen LogP contribution in [-0.2, 0) is 12.8 Å². The number of aromatic hydroxyl groups is 2. The van der Waals surface area contributed by atoms with Crippen LogP contribution in [0.5, 0.6) is 11.5 Å². The summed E-state index contributed by atoms with van der Waals surface area (Å²) in [6.45, 7) is 4.57. The van der Waals surface area contributed by atoms with Gasteiger partial charge in [0.2, 0.25) is 0 Å². The maximum absolute atomic E-state index is 9.78. The fourth-order valence-electron chi connectivity index (χ4n) is 5.51. The van der Waals surface area contributed by atoms with Gasteiger partial charge in [-0.3, -0.25) is 0 Å². The average molecular weight is 555 g/mol. The highest BCUT2D eigenvalue weighted by Crippen LogP contribution is 2.32. The quantitative estimate of drug-likeness (QED) is 0.127. The van der Waals surface area contributed by atoms with Gasteiger partial charge in [-0.2, -0.15) is 11.8 Å². The van der Waals surface area contributed by atoms with E-state index in [0.717, 1.165) is 12.8 Å². The van der Waals surface area contributed by atoms with Crippen LogP contribution in [0.25, 0.3) is 0 Å². The van der Waals surface area contributed by atoms with E-state index in [1.807, 2.05) is 24.3 Å². The summed E-state index contributed by atoms with van der Waals surface area (Å²) >= 11 is 2.21. The van der Waals surface area contributed by atoms with Crippen molar-refractivity contribution >= 4 is 11.8 Å². The van der Waals surface area contributed by atoms with Crippen LogP contribution in [0.1, 0.15) is 141 Å². The monoisotopic (exact) mass is 554 g/mol. The second kappa shape index (κ2) is 22.1. The molecule has 0 aliphatic rings. The van der Waals surface area contributed by atoms with Crippen LogP contribution in [0, 0.1) is 0 Å². The normalized spacial score (nSPS) is 13.0. The Morgan fingerprint density at radius 1 is 0.462 bits per heavy atom. The van der Waals surface area contributed by atoms with E-state index in [-0.39, 0.29) is 0 Å². The fourth-order valence-corrected chi connectivity index (χ4v) is 7.24. The predicted molar refractivity (Wildman–Crippen MR) is 173 cm³/mol. The zero-order chi connectivity index (χ0) is 28.0. The molecule has 2 rings (SSSR count). The largest absolute Gasteiger partial charge is 0.508 e. The Hall–Kier alpha value is -1.61. The molecule has 220 valence electrons. The van der Waals surface area contributed by atoms with Crippen LogP contribution in [0.3, 0.4) is 0 Å². The summed E-state index contributed by atoms with van der Waals surface area (Å²) in [7, 11) is 0. The van der Waals surface area contributed by atoms with Crippen LogP contribution in [-0.4, -0.2) is 20.7 Å². The molecule has 2 unspecified atom stereocenters. The van der Waals surface area contributed by atoms with Gasteiger partial charge in [-0.15, -0.1) is 0 Å². The van der Waals surface area contributed by atoms with Crippen LogP contribution in [0.4, 0.5) is 0 Å². The van der Waals surface area contributed by atoms with E-state index in [0.29, 0.717) is 22.0 Å². The first kappa shape index (κ1) is 33.6. The van der Waals surface area contributed by atoms with Gasteiger partial charge in [0.25, 0.3) is 0 Å². The minimum Gasteiger partial charge on any atom is -0.508 e. The molecule has 39 heavy (non-hydrogen) atoms. The molecule has 0 radical (unpaired) electrons. The summed E-state index contributed by atoms with van der Waals surface area (Å²) in [6.07, 6.45) is 26.5. The van der Waals surface area contributed by atoms with Crippen molar-refractivity contribution < 1.29 is 10.2 Å². The highest BCUT2D eigenvalue weighted by atomic mass is 32.2. The van der Waals surface area contributed by atoms with E-state index in [1.165, 1.54) is 127 Å². The van der Waals surface area contributed by atoms with E-state index >= 15 is 0 Å². The summed E-state index contributed by atoms with van der Waals surface area (Å²) in [5, 5.41) is 20.8. The molecule has 2 aromatic carbocycles. The van der Waals surface area contributed by atoms with Gasteiger partial charge < -0.3 is 10.2 Å². The third-order valence-electron chi connectivity index (χ3n) is 7.94. The maximum Gasteiger partial charge on any atom is 0.115 e. The molecule has 0 saturated heterocycles. The van der Waals surface area contributed by atoms with Crippen LogP contribution < -0.4 is 0 Å². The van der Waals surface area contributed by atoms with E-state index in [1.54, 1.807) is 0 Å². The SMILES string of the molecule is CCCCCCCCCCC(Cc1ccc(O)cc1)SC(CCCCCCCCCC)Cc1ccc(O)cc1. The summed E-state index contributed by atoms with van der Waals surface area (Å²) in [6, 6.07) is 15.7. The molecule has 3 heteroatoms. The van der Waals surface area contributed by atoms with Crippen molar-refractivity contribution in [1.29, 1.82) is 0 Å². The van der Waals surface area contributed by atoms with Crippen molar-refractivity contribution in [2.24, 2.45) is 0 Å². The van der Waals surface area contributed by atoms with Crippen molar-refractivity contribution in [3.63, 3.8) is 0 Å². The van der Waals surface area contributed by atoms with Crippen molar-refractivity contribution in [2.75, 3.05) is 0 Å². The molecule has 0 aliphatic heterocycles. The second-order valence-corrected chi connectivity index (χ2v) is 13.3. The Kier molecular flexibility index (Phi) is 19.1. The third-order valence-corrected chi connectivity index (χ3v) is 9.52. The molecule has 0 aromatic heterocycles. The first-order valence-electron chi connectivity index (χ1n) is 16.3. The third kappa shape index (κ3) is 16.9. The summed E-state index contributed by atoms with van der Waals surface area (Å²) in [5.74, 6) is 0.705. The van der Waals surface area contributed by atoms with Crippen molar-refractivity contribution in [3.8, 4) is 11.5 Å². The topological polar surface area (TPSA) is 40.5 Å². The Morgan fingerprint density at radius 2 is 0.769 bits per heavy atom. The second-order valence-electron chi connectivity index (χ2n) is 11.6. The molecule has 2 aromatic rings. The molecule has 0 bridgehead atoms. The van der Waals surface area contributed by atoms with E-state index < -0.39 is 0 Å². The Labute approximate surface area is 245 Å². The Bertz CT molecular complexity index is 747. The van der Waals surface area contributed by atoms with Crippen LogP contribution >= 0.6 is 11.8 Å². The molecule has 0 saturated carbocycles. The highest BCUT2D eigenvalue weighted by Gasteiger charge is 2.19.